The fraction of sp³-hybridized carbons (Fsp3) is 0.0833. The van der Waals surface area contributed by atoms with E-state index in [1.165, 1.54) is 0 Å². The summed E-state index contributed by atoms with van der Waals surface area (Å²) in [5.41, 5.74) is 18.2. The minimum Gasteiger partial charge on any atom is -0.289 e. The van der Waals surface area contributed by atoms with E-state index in [2.05, 4.69) is 179 Å². The number of fused-ring (bicyclic) bond motifs is 8. The minimum absolute atomic E-state index is 0.114. The second-order valence-electron chi connectivity index (χ2n) is 20.9. The fourth-order valence-corrected chi connectivity index (χ4v) is 14.1. The zero-order chi connectivity index (χ0) is 54.5. The number of hydrogen-bond donors (Lipinski definition) is 0. The first-order valence-corrected chi connectivity index (χ1v) is 26.8. The van der Waals surface area contributed by atoms with Crippen molar-refractivity contribution in [2.75, 3.05) is 0 Å². The summed E-state index contributed by atoms with van der Waals surface area (Å²) in [6.07, 6.45) is 3.71. The quantitative estimate of drug-likeness (QED) is 0.120. The highest BCUT2D eigenvalue weighted by Gasteiger charge is 2.52. The molecule has 13 rings (SSSR count). The molecule has 7 heteroatoms. The van der Waals surface area contributed by atoms with Crippen LogP contribution >= 0.6 is 11.3 Å². The lowest BCUT2D eigenvalue weighted by Crippen LogP contribution is -2.30. The van der Waals surface area contributed by atoms with Gasteiger partial charge in [-0.15, -0.1) is 11.3 Å². The number of nitrogens with zero attached hydrogens (tertiary/aromatic N) is 4. The van der Waals surface area contributed by atoms with Crippen LogP contribution in [0, 0.1) is 73.0 Å². The smallest absolute Gasteiger partial charge is 0.194 e. The Labute approximate surface area is 462 Å². The molecule has 370 valence electrons. The molecule has 79 heavy (non-hydrogen) atoms. The SMILES string of the molecule is Cc1ccc(C2(c3ccc(C)cc3)c3cc(/C=C4\C(=O)c5ccccc5C4=C(C#N)C#N)ccc3-c3cc4c(cc32)-c2sc(/C=C3\C(=O)c5ccccc5C3=C(C#N)C#N)cc2C4(c2ccc(C)cc2)c2ccc(C)cc2)cc1. The number of ketones is 2. The Balaban J connectivity index is 1.13. The van der Waals surface area contributed by atoms with Gasteiger partial charge in [0.05, 0.1) is 10.8 Å². The van der Waals surface area contributed by atoms with Crippen LogP contribution in [0.15, 0.2) is 204 Å². The second-order valence-corrected chi connectivity index (χ2v) is 22.0. The van der Waals surface area contributed by atoms with E-state index in [0.29, 0.717) is 44.5 Å². The number of benzene rings is 8. The van der Waals surface area contributed by atoms with Gasteiger partial charge in [-0.2, -0.15) is 21.0 Å². The summed E-state index contributed by atoms with van der Waals surface area (Å²) in [6, 6.07) is 71.1. The zero-order valence-corrected chi connectivity index (χ0v) is 44.3. The van der Waals surface area contributed by atoms with Crippen LogP contribution < -0.4 is 0 Å². The van der Waals surface area contributed by atoms with E-state index in [9.17, 15) is 30.6 Å². The molecule has 0 saturated heterocycles. The van der Waals surface area contributed by atoms with Crippen LogP contribution in [0.4, 0.5) is 0 Å². The third-order valence-corrected chi connectivity index (χ3v) is 17.6. The number of carbonyl (C=O) groups excluding carboxylic acids is 2. The van der Waals surface area contributed by atoms with Gasteiger partial charge in [0.2, 0.25) is 0 Å². The number of carbonyl (C=O) groups is 2. The fourth-order valence-electron chi connectivity index (χ4n) is 12.9. The topological polar surface area (TPSA) is 129 Å². The molecule has 4 aliphatic carbocycles. The molecular weight excluding hydrogens is 985 g/mol. The normalized spacial score (nSPS) is 15.5. The number of nitriles is 4. The molecule has 1 aromatic heterocycles. The summed E-state index contributed by atoms with van der Waals surface area (Å²) in [5.74, 6) is -0.478. The number of aryl methyl sites for hydroxylation is 4. The Hall–Kier alpha value is -10.3. The van der Waals surface area contributed by atoms with Gasteiger partial charge in [-0.25, -0.2) is 0 Å². The molecule has 0 aliphatic heterocycles. The second kappa shape index (κ2) is 18.2. The third-order valence-electron chi connectivity index (χ3n) is 16.5. The molecule has 6 nitrogen and oxygen atoms in total. The maximum atomic E-state index is 14.5. The molecule has 0 N–H and O–H groups in total. The number of allylic oxidation sites excluding steroid dienone is 6. The van der Waals surface area contributed by atoms with Crippen LogP contribution in [0.3, 0.4) is 0 Å². The lowest BCUT2D eigenvalue weighted by molar-refractivity contribution is 0.103. The molecule has 8 aromatic carbocycles. The van der Waals surface area contributed by atoms with Gasteiger partial charge < -0.3 is 0 Å². The van der Waals surface area contributed by atoms with Crippen molar-refractivity contribution in [1.29, 1.82) is 21.0 Å². The highest BCUT2D eigenvalue weighted by atomic mass is 32.1. The van der Waals surface area contributed by atoms with E-state index in [-0.39, 0.29) is 22.7 Å². The summed E-state index contributed by atoms with van der Waals surface area (Å²) in [7, 11) is 0. The van der Waals surface area contributed by atoms with E-state index in [1.807, 2.05) is 30.4 Å². The Bertz CT molecular complexity index is 4390. The maximum Gasteiger partial charge on any atom is 0.194 e. The Kier molecular flexibility index (Phi) is 11.1. The lowest BCUT2D eigenvalue weighted by atomic mass is 9.65. The molecule has 0 bridgehead atoms. The maximum absolute atomic E-state index is 14.5. The Morgan fingerprint density at radius 3 is 1.22 bits per heavy atom. The molecule has 0 unspecified atom stereocenters. The standard InChI is InChI=1S/C72H44N4O2S/c1-41-13-22-48(23-14-41)71(49-24-15-42(2)16-25-49)62-32-45(31-60-66(46(37-73)38-74)54-9-5-7-11-56(54)68(60)77)21-30-53(62)58-35-64-59(36-63(58)71)70-65(72(64,50-26-17-43(3)18-27-50)51-28-19-44(4)20-29-51)34-52(79-70)33-61-67(47(39-75)40-76)55-10-6-8-12-57(55)69(61)78/h5-36H,1-4H3/b60-31-,61-33-. The third kappa shape index (κ3) is 6.98. The number of rotatable bonds is 6. The largest absolute Gasteiger partial charge is 0.289 e. The molecule has 1 heterocycles. The first kappa shape index (κ1) is 48.4. The van der Waals surface area contributed by atoms with E-state index >= 15 is 0 Å². The highest BCUT2D eigenvalue weighted by Crippen LogP contribution is 2.64. The predicted octanol–water partition coefficient (Wildman–Crippen LogP) is 15.9. The summed E-state index contributed by atoms with van der Waals surface area (Å²) in [6.45, 7) is 8.37. The average Bonchev–Trinajstić information content (AvgIpc) is 3.78. The summed E-state index contributed by atoms with van der Waals surface area (Å²) < 4.78 is 0. The van der Waals surface area contributed by atoms with Crippen LogP contribution in [-0.4, -0.2) is 11.6 Å². The van der Waals surface area contributed by atoms with E-state index in [1.54, 1.807) is 47.7 Å². The van der Waals surface area contributed by atoms with Crippen LogP contribution in [0.2, 0.25) is 0 Å². The van der Waals surface area contributed by atoms with Gasteiger partial charge in [-0.05, 0) is 142 Å². The van der Waals surface area contributed by atoms with E-state index in [0.717, 1.165) is 98.8 Å². The molecule has 0 saturated carbocycles. The first-order valence-electron chi connectivity index (χ1n) is 26.0. The number of hydrogen-bond acceptors (Lipinski definition) is 7. The molecular formula is C72H44N4O2S. The summed E-state index contributed by atoms with van der Waals surface area (Å²) in [5, 5.41) is 41.1. The molecule has 9 aromatic rings. The molecule has 4 aliphatic rings. The van der Waals surface area contributed by atoms with E-state index < -0.39 is 10.8 Å². The van der Waals surface area contributed by atoms with Gasteiger partial charge in [-0.1, -0.05) is 180 Å². The van der Waals surface area contributed by atoms with Crippen LogP contribution in [0.5, 0.6) is 0 Å². The van der Waals surface area contributed by atoms with E-state index in [4.69, 9.17) is 0 Å². The predicted molar refractivity (Wildman–Crippen MR) is 312 cm³/mol. The van der Waals surface area contributed by atoms with Gasteiger partial charge in [0.1, 0.15) is 35.4 Å². The molecule has 0 spiro atoms. The summed E-state index contributed by atoms with van der Waals surface area (Å²) >= 11 is 1.60. The van der Waals surface area contributed by atoms with Crippen molar-refractivity contribution in [3.8, 4) is 45.8 Å². The monoisotopic (exact) mass is 1030 g/mol. The van der Waals surface area contributed by atoms with Gasteiger partial charge in [0, 0.05) is 43.2 Å². The molecule has 0 radical (unpaired) electrons. The van der Waals surface area contributed by atoms with Gasteiger partial charge in [0.15, 0.2) is 11.6 Å². The zero-order valence-electron chi connectivity index (χ0n) is 43.5. The van der Waals surface area contributed by atoms with Crippen molar-refractivity contribution < 1.29 is 9.59 Å². The molecule has 0 fully saturated rings. The van der Waals surface area contributed by atoms with Crippen LogP contribution in [0.25, 0.3) is 44.9 Å². The van der Waals surface area contributed by atoms with Crippen molar-refractivity contribution in [2.24, 2.45) is 0 Å². The highest BCUT2D eigenvalue weighted by molar-refractivity contribution is 7.16. The number of thiophene rings is 1. The first-order chi connectivity index (χ1) is 38.4. The van der Waals surface area contributed by atoms with Crippen LogP contribution in [-0.2, 0) is 10.8 Å². The number of Topliss-reactive ketones (excluding diaryl/α,β-unsaturated/α-hetero) is 2. The van der Waals surface area contributed by atoms with Crippen molar-refractivity contribution >= 4 is 46.2 Å². The molecule has 0 amide bonds. The lowest BCUT2D eigenvalue weighted by Gasteiger charge is -2.36. The van der Waals surface area contributed by atoms with Crippen molar-refractivity contribution in [1.82, 2.24) is 0 Å². The minimum atomic E-state index is -0.907. The average molecular weight is 1030 g/mol. The van der Waals surface area contributed by atoms with Crippen molar-refractivity contribution in [3.63, 3.8) is 0 Å². The summed E-state index contributed by atoms with van der Waals surface area (Å²) in [4.78, 5) is 30.7. The van der Waals surface area contributed by atoms with Crippen molar-refractivity contribution in [2.45, 2.75) is 38.5 Å². The Morgan fingerprint density at radius 1 is 0.392 bits per heavy atom. The van der Waals surface area contributed by atoms with Gasteiger partial charge in [-0.3, -0.25) is 9.59 Å². The van der Waals surface area contributed by atoms with Crippen molar-refractivity contribution in [3.05, 3.63) is 304 Å². The van der Waals surface area contributed by atoms with Gasteiger partial charge >= 0.3 is 0 Å². The molecule has 0 atom stereocenters. The Morgan fingerprint density at radius 2 is 0.772 bits per heavy atom. The van der Waals surface area contributed by atoms with Crippen LogP contribution in [0.1, 0.15) is 109 Å². The van der Waals surface area contributed by atoms with Gasteiger partial charge in [0.25, 0.3) is 0 Å².